The number of ether oxygens (including phenoxy) is 6. The fourth-order valence-electron chi connectivity index (χ4n) is 7.94. The van der Waals surface area contributed by atoms with E-state index < -0.39 is 18.5 Å². The summed E-state index contributed by atoms with van der Waals surface area (Å²) >= 11 is 0. The van der Waals surface area contributed by atoms with Gasteiger partial charge in [0.25, 0.3) is 0 Å². The molecule has 0 radical (unpaired) electrons. The molecular weight excluding hydrogens is 825 g/mol. The highest BCUT2D eigenvalue weighted by Gasteiger charge is 2.25. The molecule has 1 heterocycles. The fraction of sp³-hybridized carbons (Fsp3) is 0.667. The maximum atomic E-state index is 12.9. The van der Waals surface area contributed by atoms with E-state index in [4.69, 9.17) is 49.1 Å². The van der Waals surface area contributed by atoms with E-state index >= 15 is 0 Å². The van der Waals surface area contributed by atoms with Crippen LogP contribution in [-0.2, 0) is 16.1 Å². The Morgan fingerprint density at radius 1 is 0.662 bits per heavy atom. The third-order valence-electron chi connectivity index (χ3n) is 11.6. The number of nitrogens with two attached hydrogens (primary N) is 1. The second-order valence-electron chi connectivity index (χ2n) is 17.0. The first kappa shape index (κ1) is 54.5. The van der Waals surface area contributed by atoms with Gasteiger partial charge in [0.05, 0.1) is 39.2 Å². The van der Waals surface area contributed by atoms with Crippen LogP contribution >= 0.6 is 0 Å². The largest absolute Gasteiger partial charge is 0.496 e. The van der Waals surface area contributed by atoms with Crippen LogP contribution in [0.2, 0.25) is 0 Å². The summed E-state index contributed by atoms with van der Waals surface area (Å²) in [6, 6.07) is 11.2. The van der Waals surface area contributed by atoms with E-state index in [-0.39, 0.29) is 24.6 Å². The summed E-state index contributed by atoms with van der Waals surface area (Å²) in [6.07, 6.45) is 20.4. The molecule has 14 heteroatoms. The zero-order valence-electron chi connectivity index (χ0n) is 40.8. The molecule has 364 valence electrons. The van der Waals surface area contributed by atoms with Crippen LogP contribution in [0.25, 0.3) is 11.1 Å². The Morgan fingerprint density at radius 3 is 1.75 bits per heavy atom. The first-order valence-corrected chi connectivity index (χ1v) is 24.6. The molecule has 4 atom stereocenters. The minimum Gasteiger partial charge on any atom is -0.496 e. The van der Waals surface area contributed by atoms with Crippen molar-refractivity contribution in [1.29, 1.82) is 0 Å². The third kappa shape index (κ3) is 20.5. The van der Waals surface area contributed by atoms with Crippen molar-refractivity contribution in [2.24, 2.45) is 17.6 Å². The first-order valence-electron chi connectivity index (χ1n) is 24.6. The van der Waals surface area contributed by atoms with Gasteiger partial charge in [-0.25, -0.2) is 4.79 Å². The number of primary amides is 1. The van der Waals surface area contributed by atoms with Gasteiger partial charge in [0.2, 0.25) is 12.2 Å². The lowest BCUT2D eigenvalue weighted by molar-refractivity contribution is -0.115. The summed E-state index contributed by atoms with van der Waals surface area (Å²) in [4.78, 5) is 38.7. The molecule has 0 aliphatic carbocycles. The van der Waals surface area contributed by atoms with Crippen LogP contribution in [0, 0.1) is 11.8 Å². The van der Waals surface area contributed by atoms with Crippen molar-refractivity contribution in [2.75, 3.05) is 32.8 Å². The van der Waals surface area contributed by atoms with Crippen molar-refractivity contribution < 1.29 is 38.0 Å². The minimum absolute atomic E-state index is 0.115. The predicted molar refractivity (Wildman–Crippen MR) is 259 cm³/mol. The predicted octanol–water partition coefficient (Wildman–Crippen LogP) is 12.0. The summed E-state index contributed by atoms with van der Waals surface area (Å²) in [5, 5.41) is 6.83. The fourth-order valence-corrected chi connectivity index (χ4v) is 7.94. The molecule has 0 spiro atoms. The van der Waals surface area contributed by atoms with Crippen LogP contribution in [0.1, 0.15) is 169 Å². The molecule has 65 heavy (non-hydrogen) atoms. The van der Waals surface area contributed by atoms with E-state index in [0.29, 0.717) is 65.4 Å². The van der Waals surface area contributed by atoms with E-state index in [0.717, 1.165) is 76.9 Å². The van der Waals surface area contributed by atoms with Gasteiger partial charge >= 0.3 is 18.1 Å². The van der Waals surface area contributed by atoms with Gasteiger partial charge in [-0.05, 0) is 62.1 Å². The van der Waals surface area contributed by atoms with Crippen molar-refractivity contribution in [3.8, 4) is 40.4 Å². The highest BCUT2D eigenvalue weighted by atomic mass is 16.5. The molecule has 2 aromatic carbocycles. The summed E-state index contributed by atoms with van der Waals surface area (Å²) in [6.45, 7) is 12.0. The van der Waals surface area contributed by atoms with E-state index in [1.807, 2.05) is 18.2 Å². The lowest BCUT2D eigenvalue weighted by atomic mass is 9.96. The molecule has 4 unspecified atom stereocenters. The number of amides is 1. The number of aromatic nitrogens is 3. The van der Waals surface area contributed by atoms with E-state index in [1.165, 1.54) is 58.5 Å². The molecule has 4 N–H and O–H groups in total. The smallest absolute Gasteiger partial charge is 0.404 e. The number of methoxy groups -OCH3 is 2. The monoisotopic (exact) mass is 907 g/mol. The maximum absolute atomic E-state index is 12.9. The molecule has 0 aliphatic rings. The van der Waals surface area contributed by atoms with Gasteiger partial charge in [-0.15, -0.1) is 4.98 Å². The Labute approximate surface area is 390 Å². The van der Waals surface area contributed by atoms with Crippen LogP contribution in [0.4, 0.5) is 10.7 Å². The highest BCUT2D eigenvalue weighted by Crippen LogP contribution is 2.45. The van der Waals surface area contributed by atoms with Crippen LogP contribution in [0.15, 0.2) is 36.4 Å². The number of anilines is 1. The zero-order chi connectivity index (χ0) is 47.1. The summed E-state index contributed by atoms with van der Waals surface area (Å²) in [5.41, 5.74) is 7.00. The molecule has 3 rings (SSSR count). The number of para-hydroxylation sites is 1. The molecule has 0 bridgehead atoms. The molecule has 0 saturated heterocycles. The minimum atomic E-state index is -1.10. The molecule has 14 nitrogen and oxygen atoms in total. The average Bonchev–Trinajstić information content (AvgIpc) is 3.31. The van der Waals surface area contributed by atoms with Crippen molar-refractivity contribution in [1.82, 2.24) is 20.3 Å². The SMILES string of the molecule is CCCCCCC(CCCC)COc1nc(NC(CCCCC)NC(C=O)Oc2ccccc2-c2c(OC)ccc(COC(N)=O)c2OC)nc(OCC(CCCC)CCCCCC)n1. The Kier molecular flexibility index (Phi) is 27.5. The van der Waals surface area contributed by atoms with Gasteiger partial charge in [-0.2, -0.15) is 9.97 Å². The Morgan fingerprint density at radius 2 is 1.22 bits per heavy atom. The number of unbranched alkanes of at least 4 members (excludes halogenated alkanes) is 10. The molecule has 0 fully saturated rings. The number of aldehydes is 1. The zero-order valence-corrected chi connectivity index (χ0v) is 40.8. The van der Waals surface area contributed by atoms with Gasteiger partial charge in [-0.3, -0.25) is 10.1 Å². The van der Waals surface area contributed by atoms with Gasteiger partial charge < -0.3 is 39.5 Å². The summed E-state index contributed by atoms with van der Waals surface area (Å²) in [7, 11) is 3.07. The lowest BCUT2D eigenvalue weighted by Gasteiger charge is -2.26. The molecule has 3 aromatic rings. The Hall–Kier alpha value is -4.85. The second-order valence-corrected chi connectivity index (χ2v) is 17.0. The molecule has 1 aromatic heterocycles. The molecule has 1 amide bonds. The van der Waals surface area contributed by atoms with Gasteiger partial charge in [-0.1, -0.05) is 149 Å². The Bertz CT molecular complexity index is 1720. The molecule has 0 aliphatic heterocycles. The number of hydrogen-bond donors (Lipinski definition) is 3. The van der Waals surface area contributed by atoms with E-state index in [9.17, 15) is 9.59 Å². The molecule has 0 saturated carbocycles. The standard InChI is InChI=1S/C51H82N6O8/c1-8-13-18-21-27-38(25-16-11-4)35-63-50-55-49(56-51(57-50)64-36-39(26-17-12-5)28-22-19-14-9-2)54-44(31-20-15-10-3)53-45(34-58)65-42-30-24-23-29-41(42)46-43(60-6)33-32-40(47(46)61-7)37-62-48(52)59/h23-24,29-30,32-34,38-39,44-45,53H,8-22,25-28,31,35-37H2,1-7H3,(H2,52,59)(H,54,55,56,57). The average molecular weight is 907 g/mol. The van der Waals surface area contributed by atoms with Crippen LogP contribution in [0.3, 0.4) is 0 Å². The number of hydrogen-bond acceptors (Lipinski definition) is 13. The number of carbonyl (C=O) groups is 2. The summed E-state index contributed by atoms with van der Waals surface area (Å²) in [5.74, 6) is 2.36. The quantitative estimate of drug-likeness (QED) is 0.0281. The van der Waals surface area contributed by atoms with E-state index in [2.05, 4.69) is 45.3 Å². The van der Waals surface area contributed by atoms with Crippen molar-refractivity contribution >= 4 is 18.3 Å². The number of carbonyl (C=O) groups excluding carboxylic acids is 2. The van der Waals surface area contributed by atoms with Crippen molar-refractivity contribution in [3.05, 3.63) is 42.0 Å². The van der Waals surface area contributed by atoms with Gasteiger partial charge in [0, 0.05) is 11.1 Å². The topological polar surface area (TPSA) is 178 Å². The van der Waals surface area contributed by atoms with Crippen molar-refractivity contribution in [2.45, 2.75) is 182 Å². The van der Waals surface area contributed by atoms with E-state index in [1.54, 1.807) is 25.3 Å². The normalized spacial score (nSPS) is 13.0. The molecular formula is C51H82N6O8. The maximum Gasteiger partial charge on any atom is 0.404 e. The van der Waals surface area contributed by atoms with Crippen molar-refractivity contribution in [3.63, 3.8) is 0 Å². The van der Waals surface area contributed by atoms with Crippen LogP contribution in [-0.4, -0.2) is 67.2 Å². The van der Waals surface area contributed by atoms with Crippen LogP contribution in [0.5, 0.6) is 29.3 Å². The Balaban J connectivity index is 1.97. The van der Waals surface area contributed by atoms with Gasteiger partial charge in [0.15, 0.2) is 6.29 Å². The number of rotatable bonds is 38. The number of nitrogens with one attached hydrogen (secondary N) is 2. The highest BCUT2D eigenvalue weighted by molar-refractivity contribution is 5.82. The second kappa shape index (κ2) is 32.7. The van der Waals surface area contributed by atoms with Crippen LogP contribution < -0.4 is 40.1 Å². The first-order chi connectivity index (χ1) is 31.7. The summed E-state index contributed by atoms with van der Waals surface area (Å²) < 4.78 is 36.0. The number of nitrogens with zero attached hydrogens (tertiary/aromatic N) is 3. The third-order valence-corrected chi connectivity index (χ3v) is 11.6. The number of benzene rings is 2. The lowest BCUT2D eigenvalue weighted by Crippen LogP contribution is -2.47. The van der Waals surface area contributed by atoms with Gasteiger partial charge in [0.1, 0.15) is 23.9 Å².